The highest BCUT2D eigenvalue weighted by atomic mass is 19.1. The van der Waals surface area contributed by atoms with E-state index in [0.29, 0.717) is 6.07 Å². The van der Waals surface area contributed by atoms with Gasteiger partial charge in [0.05, 0.1) is 5.69 Å². The third-order valence-electron chi connectivity index (χ3n) is 3.88. The minimum atomic E-state index is -0.899. The van der Waals surface area contributed by atoms with E-state index in [4.69, 9.17) is 0 Å². The first-order chi connectivity index (χ1) is 11.7. The standard InChI is InChI=1S/C19H19F2N3O/c1-11(2)24-12(3)7-14(13(24)4)8-15(10-22)19(25)23-18-6-5-16(20)9-17(18)21/h5-9,11H,1-4H3,(H,23,25)/b15-8+. The first-order valence-electron chi connectivity index (χ1n) is 7.81. The molecule has 1 aromatic carbocycles. The second kappa shape index (κ2) is 7.31. The number of nitriles is 1. The molecule has 0 aliphatic carbocycles. The molecule has 4 nitrogen and oxygen atoms in total. The first kappa shape index (κ1) is 18.4. The molecule has 6 heteroatoms. The van der Waals surface area contributed by atoms with Crippen molar-refractivity contribution in [3.8, 4) is 6.07 Å². The van der Waals surface area contributed by atoms with Crippen LogP contribution in [0.1, 0.15) is 36.8 Å². The summed E-state index contributed by atoms with van der Waals surface area (Å²) < 4.78 is 28.7. The zero-order valence-electron chi connectivity index (χ0n) is 14.5. The lowest BCUT2D eigenvalue weighted by molar-refractivity contribution is -0.112. The van der Waals surface area contributed by atoms with Gasteiger partial charge in [0.1, 0.15) is 23.3 Å². The fourth-order valence-electron chi connectivity index (χ4n) is 2.83. The van der Waals surface area contributed by atoms with E-state index in [9.17, 15) is 18.8 Å². The largest absolute Gasteiger partial charge is 0.346 e. The van der Waals surface area contributed by atoms with Crippen molar-refractivity contribution in [2.24, 2.45) is 0 Å². The number of aryl methyl sites for hydroxylation is 1. The predicted octanol–water partition coefficient (Wildman–Crippen LogP) is 4.51. The van der Waals surface area contributed by atoms with Crippen molar-refractivity contribution in [1.82, 2.24) is 4.57 Å². The lowest BCUT2D eigenvalue weighted by Gasteiger charge is -2.13. The van der Waals surface area contributed by atoms with Gasteiger partial charge in [0.15, 0.2) is 0 Å². The Morgan fingerprint density at radius 1 is 1.28 bits per heavy atom. The van der Waals surface area contributed by atoms with Crippen LogP contribution < -0.4 is 5.32 Å². The van der Waals surface area contributed by atoms with Crippen LogP contribution in [0.3, 0.4) is 0 Å². The molecule has 0 aliphatic rings. The van der Waals surface area contributed by atoms with Gasteiger partial charge in [0.2, 0.25) is 0 Å². The van der Waals surface area contributed by atoms with Gasteiger partial charge in [-0.3, -0.25) is 4.79 Å². The number of anilines is 1. The van der Waals surface area contributed by atoms with Gasteiger partial charge in [-0.1, -0.05) is 0 Å². The first-order valence-corrected chi connectivity index (χ1v) is 7.81. The zero-order valence-corrected chi connectivity index (χ0v) is 14.5. The molecule has 0 spiro atoms. The topological polar surface area (TPSA) is 57.8 Å². The number of carbonyl (C=O) groups excluding carboxylic acids is 1. The summed E-state index contributed by atoms with van der Waals surface area (Å²) in [6, 6.07) is 6.78. The van der Waals surface area contributed by atoms with E-state index in [2.05, 4.69) is 9.88 Å². The van der Waals surface area contributed by atoms with Crippen LogP contribution in [0.2, 0.25) is 0 Å². The molecule has 0 aliphatic heterocycles. The Balaban J connectivity index is 2.33. The number of hydrogen-bond acceptors (Lipinski definition) is 2. The van der Waals surface area contributed by atoms with Crippen LogP contribution in [0.15, 0.2) is 29.8 Å². The van der Waals surface area contributed by atoms with Gasteiger partial charge in [-0.2, -0.15) is 5.26 Å². The van der Waals surface area contributed by atoms with E-state index in [-0.39, 0.29) is 17.3 Å². The van der Waals surface area contributed by atoms with Crippen molar-refractivity contribution in [2.75, 3.05) is 5.32 Å². The van der Waals surface area contributed by atoms with E-state index in [1.165, 1.54) is 6.08 Å². The monoisotopic (exact) mass is 343 g/mol. The number of hydrogen-bond donors (Lipinski definition) is 1. The minimum absolute atomic E-state index is 0.160. The average Bonchev–Trinajstić information content (AvgIpc) is 2.81. The number of carbonyl (C=O) groups is 1. The summed E-state index contributed by atoms with van der Waals surface area (Å²) in [5.74, 6) is -2.39. The van der Waals surface area contributed by atoms with Crippen molar-refractivity contribution >= 4 is 17.7 Å². The van der Waals surface area contributed by atoms with E-state index >= 15 is 0 Å². The van der Waals surface area contributed by atoms with Crippen LogP contribution in [-0.2, 0) is 4.79 Å². The van der Waals surface area contributed by atoms with Crippen LogP contribution in [0.4, 0.5) is 14.5 Å². The van der Waals surface area contributed by atoms with Crippen molar-refractivity contribution in [3.05, 3.63) is 58.4 Å². The number of halogens is 2. The van der Waals surface area contributed by atoms with Crippen LogP contribution in [-0.4, -0.2) is 10.5 Å². The van der Waals surface area contributed by atoms with Gasteiger partial charge in [-0.15, -0.1) is 0 Å². The van der Waals surface area contributed by atoms with Gasteiger partial charge in [0.25, 0.3) is 5.91 Å². The Morgan fingerprint density at radius 3 is 2.48 bits per heavy atom. The molecule has 0 bridgehead atoms. The number of aromatic nitrogens is 1. The van der Waals surface area contributed by atoms with E-state index < -0.39 is 17.5 Å². The van der Waals surface area contributed by atoms with E-state index in [1.54, 1.807) is 0 Å². The summed E-state index contributed by atoms with van der Waals surface area (Å²) in [5, 5.41) is 11.6. The smallest absolute Gasteiger partial charge is 0.266 e. The van der Waals surface area contributed by atoms with E-state index in [0.717, 1.165) is 29.1 Å². The van der Waals surface area contributed by atoms with Crippen molar-refractivity contribution in [1.29, 1.82) is 5.26 Å². The van der Waals surface area contributed by atoms with Crippen LogP contribution in [0, 0.1) is 36.8 Å². The maximum Gasteiger partial charge on any atom is 0.266 e. The minimum Gasteiger partial charge on any atom is -0.346 e. The second-order valence-electron chi connectivity index (χ2n) is 6.04. The number of nitrogens with one attached hydrogen (secondary N) is 1. The fraction of sp³-hybridized carbons (Fsp3) is 0.263. The molecule has 0 fully saturated rings. The Labute approximate surface area is 145 Å². The average molecular weight is 343 g/mol. The number of amides is 1. The third kappa shape index (κ3) is 3.94. The number of rotatable bonds is 4. The summed E-state index contributed by atoms with van der Waals surface area (Å²) in [6.45, 7) is 7.95. The van der Waals surface area contributed by atoms with Crippen LogP contribution in [0.5, 0.6) is 0 Å². The molecule has 1 N–H and O–H groups in total. The molecular weight excluding hydrogens is 324 g/mol. The molecule has 0 atom stereocenters. The molecule has 2 rings (SSSR count). The Morgan fingerprint density at radius 2 is 1.96 bits per heavy atom. The highest BCUT2D eigenvalue weighted by Gasteiger charge is 2.15. The molecule has 0 radical (unpaired) electrons. The van der Waals surface area contributed by atoms with Crippen LogP contribution >= 0.6 is 0 Å². The van der Waals surface area contributed by atoms with Gasteiger partial charge in [-0.05, 0) is 57.5 Å². The zero-order chi connectivity index (χ0) is 18.7. The molecule has 0 unspecified atom stereocenters. The predicted molar refractivity (Wildman–Crippen MR) is 92.9 cm³/mol. The number of benzene rings is 1. The molecule has 0 saturated heterocycles. The third-order valence-corrected chi connectivity index (χ3v) is 3.88. The Kier molecular flexibility index (Phi) is 5.38. The molecule has 1 heterocycles. The van der Waals surface area contributed by atoms with Crippen molar-refractivity contribution in [3.63, 3.8) is 0 Å². The SMILES string of the molecule is Cc1cc(/C=C(\C#N)C(=O)Nc2ccc(F)cc2F)c(C)n1C(C)C. The lowest BCUT2D eigenvalue weighted by atomic mass is 10.1. The van der Waals surface area contributed by atoms with Crippen molar-refractivity contribution < 1.29 is 13.6 Å². The molecule has 25 heavy (non-hydrogen) atoms. The molecule has 0 saturated carbocycles. The quantitative estimate of drug-likeness (QED) is 0.656. The Bertz CT molecular complexity index is 889. The van der Waals surface area contributed by atoms with Gasteiger partial charge >= 0.3 is 0 Å². The van der Waals surface area contributed by atoms with E-state index in [1.807, 2.05) is 39.8 Å². The molecular formula is C19H19F2N3O. The summed E-state index contributed by atoms with van der Waals surface area (Å²) in [7, 11) is 0. The molecule has 1 aromatic heterocycles. The summed E-state index contributed by atoms with van der Waals surface area (Å²) in [5.41, 5.74) is 2.35. The highest BCUT2D eigenvalue weighted by molar-refractivity contribution is 6.09. The lowest BCUT2D eigenvalue weighted by Crippen LogP contribution is -2.14. The van der Waals surface area contributed by atoms with Gasteiger partial charge in [0, 0.05) is 23.5 Å². The molecule has 2 aromatic rings. The summed E-state index contributed by atoms with van der Waals surface area (Å²) in [4.78, 5) is 12.3. The second-order valence-corrected chi connectivity index (χ2v) is 6.04. The summed E-state index contributed by atoms with van der Waals surface area (Å²) >= 11 is 0. The Hall–Kier alpha value is -2.94. The fourth-order valence-corrected chi connectivity index (χ4v) is 2.83. The normalized spacial score (nSPS) is 11.5. The van der Waals surface area contributed by atoms with Gasteiger partial charge in [-0.25, -0.2) is 8.78 Å². The molecule has 130 valence electrons. The highest BCUT2D eigenvalue weighted by Crippen LogP contribution is 2.23. The molecule has 1 amide bonds. The summed E-state index contributed by atoms with van der Waals surface area (Å²) in [6.07, 6.45) is 1.47. The maximum absolute atomic E-state index is 13.7. The number of nitrogens with zero attached hydrogens (tertiary/aromatic N) is 2. The van der Waals surface area contributed by atoms with Crippen LogP contribution in [0.25, 0.3) is 6.08 Å². The van der Waals surface area contributed by atoms with Gasteiger partial charge < -0.3 is 9.88 Å². The van der Waals surface area contributed by atoms with Crippen molar-refractivity contribution in [2.45, 2.75) is 33.7 Å². The maximum atomic E-state index is 13.7.